The lowest BCUT2D eigenvalue weighted by atomic mass is 10.1. The van der Waals surface area contributed by atoms with E-state index in [9.17, 15) is 4.79 Å². The molecule has 0 N–H and O–H groups in total. The Kier molecular flexibility index (Phi) is 4.13. The number of carbonyl (C=O) groups excluding carboxylic acids is 1. The number of nitrogens with zero attached hydrogens (tertiary/aromatic N) is 2. The molecule has 92 valence electrons. The normalized spacial score (nSPS) is 19.6. The fourth-order valence-corrected chi connectivity index (χ4v) is 2.42. The summed E-state index contributed by atoms with van der Waals surface area (Å²) in [5, 5.41) is 0. The van der Waals surface area contributed by atoms with Crippen molar-refractivity contribution in [1.82, 2.24) is 9.88 Å². The van der Waals surface area contributed by atoms with Crippen LogP contribution in [0.3, 0.4) is 0 Å². The van der Waals surface area contributed by atoms with Crippen molar-refractivity contribution in [2.75, 3.05) is 6.54 Å². The maximum absolute atomic E-state index is 12.1. The Labute approximate surface area is 103 Å². The van der Waals surface area contributed by atoms with Crippen molar-refractivity contribution in [3.8, 4) is 0 Å². The van der Waals surface area contributed by atoms with Crippen molar-refractivity contribution in [2.45, 2.75) is 45.1 Å². The molecule has 1 unspecified atom stereocenters. The third-order valence-corrected chi connectivity index (χ3v) is 3.35. The molecule has 0 saturated carbocycles. The van der Waals surface area contributed by atoms with E-state index in [1.165, 1.54) is 0 Å². The number of pyridine rings is 1. The molecule has 17 heavy (non-hydrogen) atoms. The Hall–Kier alpha value is -1.38. The zero-order valence-corrected chi connectivity index (χ0v) is 10.4. The van der Waals surface area contributed by atoms with Crippen LogP contribution in [0.15, 0.2) is 24.4 Å². The second-order valence-electron chi connectivity index (χ2n) is 4.60. The maximum Gasteiger partial charge on any atom is 0.223 e. The number of rotatable bonds is 4. The number of hydrogen-bond acceptors (Lipinski definition) is 2. The van der Waals surface area contributed by atoms with E-state index in [2.05, 4.69) is 11.9 Å². The molecule has 0 radical (unpaired) electrons. The SMILES string of the molecule is CCCCC(=O)N1CCCC1c1ccccn1. The summed E-state index contributed by atoms with van der Waals surface area (Å²) in [6.45, 7) is 3.01. The quantitative estimate of drug-likeness (QED) is 0.799. The highest BCUT2D eigenvalue weighted by atomic mass is 16.2. The molecule has 1 saturated heterocycles. The molecule has 3 heteroatoms. The minimum atomic E-state index is 0.209. The summed E-state index contributed by atoms with van der Waals surface area (Å²) < 4.78 is 0. The van der Waals surface area contributed by atoms with Crippen molar-refractivity contribution in [2.24, 2.45) is 0 Å². The van der Waals surface area contributed by atoms with Gasteiger partial charge in [-0.25, -0.2) is 0 Å². The first-order chi connectivity index (χ1) is 8.33. The van der Waals surface area contributed by atoms with Gasteiger partial charge in [-0.05, 0) is 31.4 Å². The molecule has 2 heterocycles. The third kappa shape index (κ3) is 2.84. The summed E-state index contributed by atoms with van der Waals surface area (Å²) >= 11 is 0. The molecule has 0 aliphatic carbocycles. The lowest BCUT2D eigenvalue weighted by molar-refractivity contribution is -0.132. The van der Waals surface area contributed by atoms with Crippen molar-refractivity contribution in [3.63, 3.8) is 0 Å². The first-order valence-corrected chi connectivity index (χ1v) is 6.53. The molecule has 0 bridgehead atoms. The topological polar surface area (TPSA) is 33.2 Å². The highest BCUT2D eigenvalue weighted by Gasteiger charge is 2.29. The number of aromatic nitrogens is 1. The van der Waals surface area contributed by atoms with Gasteiger partial charge in [0, 0.05) is 19.2 Å². The van der Waals surface area contributed by atoms with Gasteiger partial charge in [0.25, 0.3) is 0 Å². The van der Waals surface area contributed by atoms with E-state index in [0.29, 0.717) is 12.3 Å². The summed E-state index contributed by atoms with van der Waals surface area (Å²) in [6, 6.07) is 6.15. The highest BCUT2D eigenvalue weighted by molar-refractivity contribution is 5.76. The lowest BCUT2D eigenvalue weighted by Gasteiger charge is -2.24. The molecular formula is C14H20N2O. The van der Waals surface area contributed by atoms with Crippen LogP contribution < -0.4 is 0 Å². The Morgan fingerprint density at radius 2 is 2.41 bits per heavy atom. The molecule has 1 aliphatic heterocycles. The van der Waals surface area contributed by atoms with Gasteiger partial charge >= 0.3 is 0 Å². The molecule has 1 aromatic heterocycles. The lowest BCUT2D eigenvalue weighted by Crippen LogP contribution is -2.30. The van der Waals surface area contributed by atoms with E-state index in [4.69, 9.17) is 0 Å². The van der Waals surface area contributed by atoms with Gasteiger partial charge in [0.1, 0.15) is 0 Å². The van der Waals surface area contributed by atoms with Crippen LogP contribution >= 0.6 is 0 Å². The van der Waals surface area contributed by atoms with Crippen LogP contribution in [0.4, 0.5) is 0 Å². The number of hydrogen-bond donors (Lipinski definition) is 0. The number of amides is 1. The molecule has 2 rings (SSSR count). The van der Waals surface area contributed by atoms with Crippen LogP contribution in [0.1, 0.15) is 50.8 Å². The van der Waals surface area contributed by atoms with Crippen molar-refractivity contribution in [3.05, 3.63) is 30.1 Å². The zero-order chi connectivity index (χ0) is 12.1. The molecule has 1 aliphatic rings. The molecule has 0 aromatic carbocycles. The molecule has 1 atom stereocenters. The van der Waals surface area contributed by atoms with E-state index < -0.39 is 0 Å². The summed E-state index contributed by atoms with van der Waals surface area (Å²) in [6.07, 6.45) is 6.70. The molecule has 0 spiro atoms. The van der Waals surface area contributed by atoms with Gasteiger partial charge < -0.3 is 4.90 Å². The van der Waals surface area contributed by atoms with E-state index >= 15 is 0 Å². The van der Waals surface area contributed by atoms with Crippen LogP contribution in [0.25, 0.3) is 0 Å². The Morgan fingerprint density at radius 1 is 1.53 bits per heavy atom. The summed E-state index contributed by atoms with van der Waals surface area (Å²) in [5.41, 5.74) is 1.04. The second kappa shape index (κ2) is 5.80. The third-order valence-electron chi connectivity index (χ3n) is 3.35. The van der Waals surface area contributed by atoms with Crippen LogP contribution in [0, 0.1) is 0 Å². The molecule has 1 fully saturated rings. The molecule has 1 amide bonds. The number of unbranched alkanes of at least 4 members (excludes halogenated alkanes) is 1. The minimum Gasteiger partial charge on any atom is -0.334 e. The first kappa shape index (κ1) is 12.1. The van der Waals surface area contributed by atoms with Crippen LogP contribution in [0.5, 0.6) is 0 Å². The first-order valence-electron chi connectivity index (χ1n) is 6.53. The summed E-state index contributed by atoms with van der Waals surface area (Å²) in [7, 11) is 0. The summed E-state index contributed by atoms with van der Waals surface area (Å²) in [4.78, 5) is 18.5. The Balaban J connectivity index is 2.05. The monoisotopic (exact) mass is 232 g/mol. The van der Waals surface area contributed by atoms with E-state index in [0.717, 1.165) is 37.9 Å². The predicted molar refractivity (Wildman–Crippen MR) is 67.5 cm³/mol. The van der Waals surface area contributed by atoms with Crippen LogP contribution in [0.2, 0.25) is 0 Å². The van der Waals surface area contributed by atoms with Gasteiger partial charge in [-0.3, -0.25) is 9.78 Å². The van der Waals surface area contributed by atoms with Crippen molar-refractivity contribution in [1.29, 1.82) is 0 Å². The molecule has 1 aromatic rings. The van der Waals surface area contributed by atoms with E-state index in [1.54, 1.807) is 0 Å². The van der Waals surface area contributed by atoms with Crippen molar-refractivity contribution >= 4 is 5.91 Å². The van der Waals surface area contributed by atoms with Crippen LogP contribution in [-0.2, 0) is 4.79 Å². The highest BCUT2D eigenvalue weighted by Crippen LogP contribution is 2.31. The van der Waals surface area contributed by atoms with Gasteiger partial charge in [0.15, 0.2) is 0 Å². The predicted octanol–water partition coefficient (Wildman–Crippen LogP) is 2.94. The smallest absolute Gasteiger partial charge is 0.223 e. The van der Waals surface area contributed by atoms with Crippen molar-refractivity contribution < 1.29 is 4.79 Å². The van der Waals surface area contributed by atoms with Gasteiger partial charge in [-0.2, -0.15) is 0 Å². The number of carbonyl (C=O) groups is 1. The largest absolute Gasteiger partial charge is 0.334 e. The Morgan fingerprint density at radius 3 is 3.12 bits per heavy atom. The van der Waals surface area contributed by atoms with Gasteiger partial charge in [0.2, 0.25) is 5.91 Å². The zero-order valence-electron chi connectivity index (χ0n) is 10.4. The average Bonchev–Trinajstić information content (AvgIpc) is 2.86. The van der Waals surface area contributed by atoms with Gasteiger partial charge in [-0.1, -0.05) is 19.4 Å². The maximum atomic E-state index is 12.1. The van der Waals surface area contributed by atoms with Crippen LogP contribution in [-0.4, -0.2) is 22.3 Å². The minimum absolute atomic E-state index is 0.209. The average molecular weight is 232 g/mol. The number of likely N-dealkylation sites (tertiary alicyclic amines) is 1. The Bertz CT molecular complexity index is 364. The van der Waals surface area contributed by atoms with Gasteiger partial charge in [0.05, 0.1) is 11.7 Å². The summed E-state index contributed by atoms with van der Waals surface area (Å²) in [5.74, 6) is 0.292. The van der Waals surface area contributed by atoms with E-state index in [1.807, 2.05) is 29.3 Å². The van der Waals surface area contributed by atoms with E-state index in [-0.39, 0.29) is 6.04 Å². The molecular weight excluding hydrogens is 212 g/mol. The fourth-order valence-electron chi connectivity index (χ4n) is 2.42. The second-order valence-corrected chi connectivity index (χ2v) is 4.60. The van der Waals surface area contributed by atoms with Gasteiger partial charge in [-0.15, -0.1) is 0 Å². The fraction of sp³-hybridized carbons (Fsp3) is 0.571. The molecule has 3 nitrogen and oxygen atoms in total. The standard InChI is InChI=1S/C14H20N2O/c1-2-3-9-14(17)16-11-6-8-13(16)12-7-4-5-10-15-12/h4-5,7,10,13H,2-3,6,8-9,11H2,1H3.